The smallest absolute Gasteiger partial charge is 0.180 e. The molecular formula is C9H9ClO3. The number of halogens is 1. The Kier molecular flexibility index (Phi) is 3.14. The third kappa shape index (κ3) is 1.75. The molecule has 0 bridgehead atoms. The number of carbonyl (C=O) groups is 1. The molecule has 4 heteroatoms. The first-order valence-corrected chi connectivity index (χ1v) is 3.98. The van der Waals surface area contributed by atoms with Gasteiger partial charge in [-0.05, 0) is 12.1 Å². The molecule has 0 amide bonds. The SMILES string of the molecule is COc1c(Cl)ccc(C=O)c1OC. The van der Waals surface area contributed by atoms with Crippen LogP contribution >= 0.6 is 11.6 Å². The number of benzene rings is 1. The van der Waals surface area contributed by atoms with E-state index < -0.39 is 0 Å². The Morgan fingerprint density at radius 1 is 1.23 bits per heavy atom. The zero-order chi connectivity index (χ0) is 9.84. The van der Waals surface area contributed by atoms with Gasteiger partial charge in [0.15, 0.2) is 17.8 Å². The fourth-order valence-corrected chi connectivity index (χ4v) is 1.27. The molecule has 3 nitrogen and oxygen atoms in total. The van der Waals surface area contributed by atoms with Crippen LogP contribution in [0.1, 0.15) is 10.4 Å². The molecular weight excluding hydrogens is 192 g/mol. The summed E-state index contributed by atoms with van der Waals surface area (Å²) in [5.74, 6) is 0.749. The molecule has 70 valence electrons. The quantitative estimate of drug-likeness (QED) is 0.702. The van der Waals surface area contributed by atoms with Crippen molar-refractivity contribution in [2.45, 2.75) is 0 Å². The summed E-state index contributed by atoms with van der Waals surface area (Å²) in [6, 6.07) is 3.17. The monoisotopic (exact) mass is 200 g/mol. The molecule has 0 spiro atoms. The highest BCUT2D eigenvalue weighted by atomic mass is 35.5. The molecule has 0 radical (unpaired) electrons. The fraction of sp³-hybridized carbons (Fsp3) is 0.222. The largest absolute Gasteiger partial charge is 0.492 e. The van der Waals surface area contributed by atoms with Crippen LogP contribution in [-0.2, 0) is 0 Å². The van der Waals surface area contributed by atoms with Crippen LogP contribution in [0.3, 0.4) is 0 Å². The molecule has 0 heterocycles. The van der Waals surface area contributed by atoms with Crippen molar-refractivity contribution in [2.24, 2.45) is 0 Å². The summed E-state index contributed by atoms with van der Waals surface area (Å²) in [5, 5.41) is 0.421. The molecule has 0 saturated carbocycles. The number of hydrogen-bond donors (Lipinski definition) is 0. The van der Waals surface area contributed by atoms with Gasteiger partial charge < -0.3 is 9.47 Å². The second kappa shape index (κ2) is 4.14. The lowest BCUT2D eigenvalue weighted by molar-refractivity contribution is 0.112. The Hall–Kier alpha value is -1.22. The zero-order valence-electron chi connectivity index (χ0n) is 7.33. The van der Waals surface area contributed by atoms with Crippen LogP contribution in [0, 0.1) is 0 Å². The van der Waals surface area contributed by atoms with Crippen LogP contribution in [0.5, 0.6) is 11.5 Å². The van der Waals surface area contributed by atoms with E-state index in [0.29, 0.717) is 28.4 Å². The summed E-state index contributed by atoms with van der Waals surface area (Å²) < 4.78 is 9.99. The Morgan fingerprint density at radius 2 is 1.85 bits per heavy atom. The van der Waals surface area contributed by atoms with Gasteiger partial charge in [-0.2, -0.15) is 0 Å². The van der Waals surface area contributed by atoms with E-state index in [-0.39, 0.29) is 0 Å². The summed E-state index contributed by atoms with van der Waals surface area (Å²) in [7, 11) is 2.93. The maximum atomic E-state index is 10.6. The summed E-state index contributed by atoms with van der Waals surface area (Å²) >= 11 is 5.82. The Morgan fingerprint density at radius 3 is 2.31 bits per heavy atom. The minimum absolute atomic E-state index is 0.366. The molecule has 0 atom stereocenters. The van der Waals surface area contributed by atoms with E-state index in [2.05, 4.69) is 0 Å². The molecule has 1 aromatic carbocycles. The summed E-state index contributed by atoms with van der Waals surface area (Å²) in [5.41, 5.74) is 0.420. The van der Waals surface area contributed by atoms with Crippen LogP contribution in [0.2, 0.25) is 5.02 Å². The first kappa shape index (κ1) is 9.86. The Labute approximate surface area is 81.2 Å². The van der Waals surface area contributed by atoms with Crippen molar-refractivity contribution in [1.29, 1.82) is 0 Å². The molecule has 0 aliphatic rings. The lowest BCUT2D eigenvalue weighted by Gasteiger charge is -2.10. The minimum atomic E-state index is 0.366. The van der Waals surface area contributed by atoms with Crippen molar-refractivity contribution in [3.05, 3.63) is 22.7 Å². The van der Waals surface area contributed by atoms with E-state index in [1.807, 2.05) is 0 Å². The molecule has 0 N–H and O–H groups in total. The third-order valence-electron chi connectivity index (χ3n) is 1.63. The lowest BCUT2D eigenvalue weighted by atomic mass is 10.2. The van der Waals surface area contributed by atoms with E-state index in [4.69, 9.17) is 21.1 Å². The van der Waals surface area contributed by atoms with Crippen molar-refractivity contribution in [2.75, 3.05) is 14.2 Å². The molecule has 0 aromatic heterocycles. The van der Waals surface area contributed by atoms with Gasteiger partial charge in [-0.25, -0.2) is 0 Å². The average molecular weight is 201 g/mol. The fourth-order valence-electron chi connectivity index (χ4n) is 1.05. The van der Waals surface area contributed by atoms with Crippen molar-refractivity contribution >= 4 is 17.9 Å². The molecule has 0 aliphatic heterocycles. The van der Waals surface area contributed by atoms with Crippen LogP contribution in [-0.4, -0.2) is 20.5 Å². The second-order valence-corrected chi connectivity index (χ2v) is 2.73. The standard InChI is InChI=1S/C9H9ClO3/c1-12-8-6(5-11)3-4-7(10)9(8)13-2/h3-5H,1-2H3. The van der Waals surface area contributed by atoms with Gasteiger partial charge in [0.25, 0.3) is 0 Å². The number of ether oxygens (including phenoxy) is 2. The first-order valence-electron chi connectivity index (χ1n) is 3.60. The van der Waals surface area contributed by atoms with Crippen molar-refractivity contribution < 1.29 is 14.3 Å². The molecule has 0 fully saturated rings. The number of rotatable bonds is 3. The number of methoxy groups -OCH3 is 2. The van der Waals surface area contributed by atoms with Gasteiger partial charge in [-0.1, -0.05) is 11.6 Å². The van der Waals surface area contributed by atoms with Gasteiger partial charge in [-0.3, -0.25) is 4.79 Å². The minimum Gasteiger partial charge on any atom is -0.492 e. The highest BCUT2D eigenvalue weighted by Gasteiger charge is 2.12. The van der Waals surface area contributed by atoms with E-state index in [1.165, 1.54) is 14.2 Å². The number of aldehydes is 1. The van der Waals surface area contributed by atoms with Crippen molar-refractivity contribution in [1.82, 2.24) is 0 Å². The maximum absolute atomic E-state index is 10.6. The molecule has 1 rings (SSSR count). The van der Waals surface area contributed by atoms with Gasteiger partial charge >= 0.3 is 0 Å². The summed E-state index contributed by atoms with van der Waals surface area (Å²) in [4.78, 5) is 10.6. The highest BCUT2D eigenvalue weighted by molar-refractivity contribution is 6.32. The molecule has 1 aromatic rings. The van der Waals surface area contributed by atoms with Crippen LogP contribution in [0.25, 0.3) is 0 Å². The van der Waals surface area contributed by atoms with Gasteiger partial charge in [0, 0.05) is 0 Å². The van der Waals surface area contributed by atoms with Gasteiger partial charge in [-0.15, -0.1) is 0 Å². The van der Waals surface area contributed by atoms with Gasteiger partial charge in [0.2, 0.25) is 0 Å². The summed E-state index contributed by atoms with van der Waals surface area (Å²) in [6.07, 6.45) is 0.692. The molecule has 0 aliphatic carbocycles. The van der Waals surface area contributed by atoms with Crippen LogP contribution in [0.15, 0.2) is 12.1 Å². The zero-order valence-corrected chi connectivity index (χ0v) is 8.09. The highest BCUT2D eigenvalue weighted by Crippen LogP contribution is 2.36. The van der Waals surface area contributed by atoms with E-state index in [0.717, 1.165) is 0 Å². The maximum Gasteiger partial charge on any atom is 0.180 e. The Bertz CT molecular complexity index is 323. The topological polar surface area (TPSA) is 35.5 Å². The van der Waals surface area contributed by atoms with Crippen molar-refractivity contribution in [3.8, 4) is 11.5 Å². The second-order valence-electron chi connectivity index (χ2n) is 2.32. The van der Waals surface area contributed by atoms with Crippen LogP contribution < -0.4 is 9.47 Å². The lowest BCUT2D eigenvalue weighted by Crippen LogP contribution is -1.95. The Balaban J connectivity index is 3.35. The summed E-state index contributed by atoms with van der Waals surface area (Å²) in [6.45, 7) is 0. The predicted octanol–water partition coefficient (Wildman–Crippen LogP) is 2.17. The van der Waals surface area contributed by atoms with E-state index in [1.54, 1.807) is 12.1 Å². The third-order valence-corrected chi connectivity index (χ3v) is 1.93. The van der Waals surface area contributed by atoms with E-state index >= 15 is 0 Å². The molecule has 13 heavy (non-hydrogen) atoms. The number of carbonyl (C=O) groups excluding carboxylic acids is 1. The van der Waals surface area contributed by atoms with Crippen molar-refractivity contribution in [3.63, 3.8) is 0 Å². The average Bonchev–Trinajstić information content (AvgIpc) is 2.17. The van der Waals surface area contributed by atoms with Gasteiger partial charge in [0.05, 0.1) is 24.8 Å². The molecule has 0 unspecified atom stereocenters. The predicted molar refractivity (Wildman–Crippen MR) is 49.9 cm³/mol. The molecule has 0 saturated heterocycles. The number of hydrogen-bond acceptors (Lipinski definition) is 3. The van der Waals surface area contributed by atoms with Crippen LogP contribution in [0.4, 0.5) is 0 Å². The normalized spacial score (nSPS) is 9.46. The first-order chi connectivity index (χ1) is 6.24. The van der Waals surface area contributed by atoms with Gasteiger partial charge in [0.1, 0.15) is 0 Å². The van der Waals surface area contributed by atoms with E-state index in [9.17, 15) is 4.79 Å².